The van der Waals surface area contributed by atoms with Gasteiger partial charge in [0.1, 0.15) is 42.9 Å². The summed E-state index contributed by atoms with van der Waals surface area (Å²) in [6.45, 7) is 23.8. The molecule has 6 aromatic rings. The molecule has 2 saturated heterocycles. The van der Waals surface area contributed by atoms with Gasteiger partial charge in [0.15, 0.2) is 11.6 Å². The minimum absolute atomic E-state index is 0.00133. The van der Waals surface area contributed by atoms with E-state index in [1.807, 2.05) is 51.3 Å². The number of carbonyl (C=O) groups excluding carboxylic acids is 3. The molecule has 31 heteroatoms. The number of ether oxygens (including phenoxy) is 4. The first kappa shape index (κ1) is 76.8. The molecule has 2 unspecified atom stereocenters. The lowest BCUT2D eigenvalue weighted by atomic mass is 9.93. The first-order valence-corrected chi connectivity index (χ1v) is 40.1. The Kier molecular flexibility index (Phi) is 21.2. The van der Waals surface area contributed by atoms with Gasteiger partial charge in [-0.3, -0.25) is 4.79 Å². The molecule has 6 aromatic heterocycles. The van der Waals surface area contributed by atoms with Crippen LogP contribution in [0.5, 0.6) is 11.8 Å². The molecule has 2 atom stereocenters. The number of fused-ring (bicyclic) bond motifs is 2. The van der Waals surface area contributed by atoms with Gasteiger partial charge in [0, 0.05) is 86.0 Å². The minimum Gasteiger partial charge on any atom is -0.478 e. The number of nitrogens with two attached hydrogens (primary N) is 1. The molecule has 27 nitrogen and oxygen atoms in total. The van der Waals surface area contributed by atoms with E-state index >= 15 is 0 Å². The number of rotatable bonds is 25. The van der Waals surface area contributed by atoms with Crippen molar-refractivity contribution in [2.75, 3.05) is 50.0 Å². The highest BCUT2D eigenvalue weighted by atomic mass is 35.5. The molecule has 3 amide bonds. The first-order chi connectivity index (χ1) is 49.4. The van der Waals surface area contributed by atoms with Gasteiger partial charge < -0.3 is 44.5 Å². The van der Waals surface area contributed by atoms with Crippen LogP contribution in [-0.4, -0.2) is 157 Å². The molecule has 0 radical (unpaired) electrons. The monoisotopic (exact) mass is 1520 g/mol. The fourth-order valence-corrected chi connectivity index (χ4v) is 18.4. The summed E-state index contributed by atoms with van der Waals surface area (Å²) in [6.07, 6.45) is 23.9. The largest absolute Gasteiger partial charge is 0.478 e. The van der Waals surface area contributed by atoms with Crippen LogP contribution >= 0.6 is 23.2 Å². The number of amides is 3. The number of aromatic nitrogens is 8. The summed E-state index contributed by atoms with van der Waals surface area (Å²) >= 11 is 12.2. The predicted octanol–water partition coefficient (Wildman–Crippen LogP) is 13.2. The van der Waals surface area contributed by atoms with Crippen molar-refractivity contribution in [2.24, 2.45) is 50.5 Å². The van der Waals surface area contributed by atoms with Crippen LogP contribution in [0, 0.1) is 45.3 Å². The van der Waals surface area contributed by atoms with Gasteiger partial charge in [-0.05, 0) is 241 Å². The number of nitrogens with zero attached hydrogens (tertiary/aromatic N) is 10. The van der Waals surface area contributed by atoms with Crippen molar-refractivity contribution in [3.8, 4) is 23.4 Å². The van der Waals surface area contributed by atoms with E-state index in [0.717, 1.165) is 71.1 Å². The number of aromatic carboxylic acids is 1. The highest BCUT2D eigenvalue weighted by Gasteiger charge is 2.87. The van der Waals surface area contributed by atoms with Crippen molar-refractivity contribution >= 4 is 78.9 Å². The highest BCUT2D eigenvalue weighted by Crippen LogP contribution is 2.93. The number of nitrogens with one attached hydrogen (secondary N) is 3. The van der Waals surface area contributed by atoms with Gasteiger partial charge in [-0.1, -0.05) is 36.0 Å². The number of unbranched alkanes of at least 4 members (excludes halogenated alkanes) is 2. The van der Waals surface area contributed by atoms with Gasteiger partial charge in [0.25, 0.3) is 15.9 Å². The molecule has 2 aliphatic heterocycles. The lowest BCUT2D eigenvalue weighted by molar-refractivity contribution is 0.0118. The summed E-state index contributed by atoms with van der Waals surface area (Å²) in [4.78, 5) is 69.3. The molecule has 568 valence electrons. The lowest BCUT2D eigenvalue weighted by Crippen LogP contribution is -2.45. The number of hydrogen-bond donors (Lipinski definition) is 5. The van der Waals surface area contributed by atoms with Gasteiger partial charge in [-0.25, -0.2) is 70.4 Å². The number of carboxylic acid groups (broad SMARTS) is 1. The maximum Gasteiger partial charge on any atom is 0.410 e. The van der Waals surface area contributed by atoms with Crippen molar-refractivity contribution in [3.63, 3.8) is 0 Å². The van der Waals surface area contributed by atoms with E-state index in [4.69, 9.17) is 52.4 Å². The molecule has 6 saturated carbocycles. The van der Waals surface area contributed by atoms with Crippen LogP contribution in [0.2, 0.25) is 10.3 Å². The molecule has 14 rings (SSSR count). The Balaban J connectivity index is 0.000000164. The molecule has 8 aliphatic rings. The third-order valence-electron chi connectivity index (χ3n) is 22.4. The third kappa shape index (κ3) is 17.4. The van der Waals surface area contributed by atoms with E-state index in [1.54, 1.807) is 53.5 Å². The van der Waals surface area contributed by atoms with Crippen LogP contribution in [0.1, 0.15) is 193 Å². The van der Waals surface area contributed by atoms with E-state index in [0.29, 0.717) is 100 Å². The molecular formula is C74H98Cl2N14O13S2. The Hall–Kier alpha value is -7.86. The quantitative estimate of drug-likeness (QED) is 0.0262. The fraction of sp³-hybridized carbons (Fsp3) is 0.595. The van der Waals surface area contributed by atoms with Gasteiger partial charge >= 0.3 is 18.2 Å². The Morgan fingerprint density at radius 1 is 0.571 bits per heavy atom. The summed E-state index contributed by atoms with van der Waals surface area (Å²) < 4.78 is 76.7. The second kappa shape index (κ2) is 29.0. The van der Waals surface area contributed by atoms with Crippen LogP contribution in [-0.2, 0) is 29.5 Å². The number of likely N-dealkylation sites (tertiary alicyclic amines) is 2. The third-order valence-corrected chi connectivity index (χ3v) is 25.1. The molecule has 4 spiro atoms. The van der Waals surface area contributed by atoms with E-state index in [9.17, 15) is 36.0 Å². The van der Waals surface area contributed by atoms with Gasteiger partial charge in [-0.15, -0.1) is 10.2 Å². The Morgan fingerprint density at radius 2 is 0.971 bits per heavy atom. The number of sulfonamides is 2. The molecule has 105 heavy (non-hydrogen) atoms. The van der Waals surface area contributed by atoms with Gasteiger partial charge in [0.2, 0.25) is 21.8 Å². The van der Waals surface area contributed by atoms with Gasteiger partial charge in [0.05, 0.1) is 24.3 Å². The number of hydrogen-bond acceptors (Lipinski definition) is 20. The average molecular weight is 1530 g/mol. The molecule has 8 fully saturated rings. The predicted molar refractivity (Wildman–Crippen MR) is 394 cm³/mol. The summed E-state index contributed by atoms with van der Waals surface area (Å²) in [5, 5.41) is 29.0. The van der Waals surface area contributed by atoms with Gasteiger partial charge in [-0.2, -0.15) is 0 Å². The zero-order valence-corrected chi connectivity index (χ0v) is 64.6. The molecule has 8 heterocycles. The number of pyridine rings is 4. The minimum atomic E-state index is -4.23. The van der Waals surface area contributed by atoms with Crippen molar-refractivity contribution in [3.05, 3.63) is 107 Å². The molecular weight excluding hydrogens is 1430 g/mol. The molecule has 6 aliphatic carbocycles. The van der Waals surface area contributed by atoms with E-state index in [1.165, 1.54) is 92.7 Å². The maximum absolute atomic E-state index is 13.0. The van der Waals surface area contributed by atoms with E-state index in [-0.39, 0.29) is 54.5 Å². The fourth-order valence-electron chi connectivity index (χ4n) is 16.6. The number of primary sulfonamides is 1. The summed E-state index contributed by atoms with van der Waals surface area (Å²) in [5.41, 5.74) is 0.765. The van der Waals surface area contributed by atoms with E-state index < -0.39 is 43.1 Å². The second-order valence-electron chi connectivity index (χ2n) is 32.9. The molecule has 0 aromatic carbocycles. The van der Waals surface area contributed by atoms with Crippen molar-refractivity contribution in [1.82, 2.24) is 54.0 Å². The number of carbonyl (C=O) groups is 4. The van der Waals surface area contributed by atoms with E-state index in [2.05, 4.69) is 73.2 Å². The first-order valence-electron chi connectivity index (χ1n) is 36.3. The molecule has 0 bridgehead atoms. The summed E-state index contributed by atoms with van der Waals surface area (Å²) in [5.74, 6) is 3.21. The van der Waals surface area contributed by atoms with Crippen LogP contribution in [0.3, 0.4) is 0 Å². The summed E-state index contributed by atoms with van der Waals surface area (Å²) in [7, 11) is -7.95. The Labute approximate surface area is 624 Å². The lowest BCUT2D eigenvalue weighted by Gasteiger charge is -2.33. The summed E-state index contributed by atoms with van der Waals surface area (Å²) in [6, 6.07) is 15.5. The smallest absolute Gasteiger partial charge is 0.410 e. The zero-order chi connectivity index (χ0) is 75.5. The van der Waals surface area contributed by atoms with Crippen LogP contribution < -0.4 is 30.0 Å². The Morgan fingerprint density at radius 3 is 1.32 bits per heavy atom. The maximum atomic E-state index is 13.0. The molecule has 6 N–H and O–H groups in total. The van der Waals surface area contributed by atoms with Crippen molar-refractivity contribution < 1.29 is 60.1 Å². The number of carboxylic acids is 1. The van der Waals surface area contributed by atoms with Crippen molar-refractivity contribution in [1.29, 1.82) is 0 Å². The Bertz CT molecular complexity index is 4410. The average Bonchev–Trinajstić information content (AvgIpc) is 1.45. The van der Waals surface area contributed by atoms with Crippen molar-refractivity contribution in [2.45, 2.75) is 204 Å². The van der Waals surface area contributed by atoms with Crippen LogP contribution in [0.4, 0.5) is 21.2 Å². The normalized spacial score (nSPS) is 20.7. The van der Waals surface area contributed by atoms with Crippen LogP contribution in [0.25, 0.3) is 11.6 Å². The standard InChI is InChI=1S/C37H48ClN7O6S.C20H34N4O4S.C17H16ClN3O3/c1-34(2,3)51-33(47)44-22-24(20-35(44,4)5)8-6-7-18-39-28-11-9-25(21-40-28)52(48,49)43-32(46)26-10-12-29(41-31(26)38)45-19-13-30(42-45)50-23-27-36(14-15-36)37(27)16-17-37;1-19(2,3)28-18(25)24-14-15(12-20(24,4)5)8-6-7-11-22-17-10-9-16(13-23-17)29(21,26)27;18-14-10(15(22)23)1-2-12(19-14)21-8-3-13(20-21)24-9-11-16(4-5-16)17(11)6-7-17/h9-13,19,21,24,27H,6-8,14-18,20,22-23H2,1-5H3,(H,39,40)(H,43,46);9-10,13,15H,6-8,11-12,14H2,1-5H3,(H,22,23)(H2,21,26,27);1-3,8,11H,4-7,9H2,(H,22,23). The zero-order valence-electron chi connectivity index (χ0n) is 61.4. The second-order valence-corrected chi connectivity index (χ2v) is 36.9. The number of anilines is 2. The highest BCUT2D eigenvalue weighted by molar-refractivity contribution is 7.90. The topological polar surface area (TPSA) is 350 Å². The number of halogens is 2. The SMILES string of the molecule is CC(C)(C)OC(=O)N1CC(CCCCNc2ccc(S(=O)(=O)NC(=O)c3ccc(-n4ccc(OCC5C6(CC6)C56CC6)n4)nc3Cl)cn2)CC1(C)C.CC(C)(C)OC(=O)N1CC(CCCCNc2ccc(S(N)(=O)=O)cn2)CC1(C)C.O=C(O)c1ccc(-n2ccc(OCC3C4(CC4)C34CC4)n2)nc1Cl. The van der Waals surface area contributed by atoms with Crippen LogP contribution in [0.15, 0.2) is 95.2 Å².